The highest BCUT2D eigenvalue weighted by atomic mass is 32.2. The van der Waals surface area contributed by atoms with E-state index in [9.17, 15) is 8.42 Å². The molecule has 0 aliphatic heterocycles. The fraction of sp³-hybridized carbons (Fsp3) is 1.00. The summed E-state index contributed by atoms with van der Waals surface area (Å²) in [5.74, 6) is 0.307. The highest BCUT2D eigenvalue weighted by Crippen LogP contribution is 2.24. The van der Waals surface area contributed by atoms with Gasteiger partial charge in [0, 0.05) is 6.54 Å². The van der Waals surface area contributed by atoms with Crippen LogP contribution in [0.25, 0.3) is 0 Å². The van der Waals surface area contributed by atoms with Gasteiger partial charge < -0.3 is 5.32 Å². The average molecular weight is 275 g/mol. The zero-order valence-corrected chi connectivity index (χ0v) is 13.0. The van der Waals surface area contributed by atoms with Gasteiger partial charge in [0.2, 0.25) is 0 Å². The number of nitrogens with one attached hydrogen (secondary N) is 1. The Balaban J connectivity index is 2.21. The summed E-state index contributed by atoms with van der Waals surface area (Å²) < 4.78 is 24.2. The lowest BCUT2D eigenvalue weighted by atomic mass is 9.92. The Bertz CT molecular complexity index is 324. The first-order valence-corrected chi connectivity index (χ1v) is 8.95. The summed E-state index contributed by atoms with van der Waals surface area (Å²) in [5, 5.41) is 3.20. The molecule has 0 saturated heterocycles. The average Bonchev–Trinajstić information content (AvgIpc) is 2.28. The summed E-state index contributed by atoms with van der Waals surface area (Å²) in [7, 11) is -2.86. The molecule has 1 N–H and O–H groups in total. The van der Waals surface area contributed by atoms with Crippen LogP contribution in [0.2, 0.25) is 0 Å². The van der Waals surface area contributed by atoms with Gasteiger partial charge in [-0.1, -0.05) is 40.0 Å². The molecule has 3 nitrogen and oxygen atoms in total. The molecule has 0 aromatic rings. The first kappa shape index (κ1) is 16.0. The number of hydrogen-bond acceptors (Lipinski definition) is 3. The molecule has 0 spiro atoms. The van der Waals surface area contributed by atoms with Crippen LogP contribution in [0.1, 0.15) is 59.3 Å². The molecule has 1 aliphatic rings. The van der Waals surface area contributed by atoms with Crippen molar-refractivity contribution in [2.24, 2.45) is 5.41 Å². The van der Waals surface area contributed by atoms with E-state index in [1.165, 1.54) is 6.42 Å². The molecule has 1 fully saturated rings. The molecule has 0 unspecified atom stereocenters. The molecule has 0 bridgehead atoms. The SMILES string of the molecule is CC(C)(C)CCNCCS(=O)(=O)C1CCCCC1. The second-order valence-corrected chi connectivity index (χ2v) is 9.09. The van der Waals surface area contributed by atoms with Gasteiger partial charge in [-0.15, -0.1) is 0 Å². The Hall–Kier alpha value is -0.0900. The van der Waals surface area contributed by atoms with Crippen molar-refractivity contribution in [3.8, 4) is 0 Å². The van der Waals surface area contributed by atoms with Crippen LogP contribution in [0.3, 0.4) is 0 Å². The highest BCUT2D eigenvalue weighted by molar-refractivity contribution is 7.92. The Morgan fingerprint density at radius 3 is 2.22 bits per heavy atom. The van der Waals surface area contributed by atoms with Crippen LogP contribution in [-0.2, 0) is 9.84 Å². The largest absolute Gasteiger partial charge is 0.316 e. The lowest BCUT2D eigenvalue weighted by molar-refractivity contribution is 0.369. The third kappa shape index (κ3) is 6.19. The molecule has 0 atom stereocenters. The van der Waals surface area contributed by atoms with Gasteiger partial charge in [-0.05, 0) is 31.2 Å². The number of rotatable bonds is 6. The van der Waals surface area contributed by atoms with E-state index in [1.807, 2.05) is 0 Å². The number of hydrogen-bond donors (Lipinski definition) is 1. The number of sulfone groups is 1. The quantitative estimate of drug-likeness (QED) is 0.758. The molecule has 0 aromatic carbocycles. The first-order valence-electron chi connectivity index (χ1n) is 7.23. The van der Waals surface area contributed by atoms with E-state index in [-0.39, 0.29) is 5.25 Å². The topological polar surface area (TPSA) is 46.2 Å². The zero-order chi connectivity index (χ0) is 13.6. The van der Waals surface area contributed by atoms with Crippen molar-refractivity contribution in [1.82, 2.24) is 5.32 Å². The maximum atomic E-state index is 12.1. The zero-order valence-electron chi connectivity index (χ0n) is 12.2. The van der Waals surface area contributed by atoms with Gasteiger partial charge in [0.1, 0.15) is 0 Å². The lowest BCUT2D eigenvalue weighted by Gasteiger charge is -2.22. The van der Waals surface area contributed by atoms with E-state index in [0.717, 1.165) is 38.6 Å². The third-order valence-corrected chi connectivity index (χ3v) is 5.94. The molecule has 4 heteroatoms. The van der Waals surface area contributed by atoms with E-state index in [1.54, 1.807) is 0 Å². The molecule has 1 saturated carbocycles. The Morgan fingerprint density at radius 1 is 1.06 bits per heavy atom. The summed E-state index contributed by atoms with van der Waals surface area (Å²) >= 11 is 0. The molecule has 108 valence electrons. The third-order valence-electron chi connectivity index (χ3n) is 3.68. The van der Waals surface area contributed by atoms with Crippen molar-refractivity contribution in [3.05, 3.63) is 0 Å². The van der Waals surface area contributed by atoms with Crippen LogP contribution >= 0.6 is 0 Å². The van der Waals surface area contributed by atoms with Crippen molar-refractivity contribution in [2.75, 3.05) is 18.8 Å². The van der Waals surface area contributed by atoms with Crippen molar-refractivity contribution < 1.29 is 8.42 Å². The van der Waals surface area contributed by atoms with E-state index in [2.05, 4.69) is 26.1 Å². The van der Waals surface area contributed by atoms with Gasteiger partial charge in [-0.3, -0.25) is 0 Å². The Kier molecular flexibility index (Phi) is 6.12. The Labute approximate surface area is 113 Å². The molecule has 1 aliphatic carbocycles. The molecular weight excluding hydrogens is 246 g/mol. The normalized spacial score (nSPS) is 19.1. The first-order chi connectivity index (χ1) is 8.31. The van der Waals surface area contributed by atoms with Gasteiger partial charge in [-0.25, -0.2) is 8.42 Å². The van der Waals surface area contributed by atoms with Crippen LogP contribution in [0.5, 0.6) is 0 Å². The fourth-order valence-corrected chi connectivity index (χ4v) is 4.21. The molecule has 0 aromatic heterocycles. The molecule has 18 heavy (non-hydrogen) atoms. The lowest BCUT2D eigenvalue weighted by Crippen LogP contribution is -2.32. The van der Waals surface area contributed by atoms with Crippen LogP contribution in [0.15, 0.2) is 0 Å². The van der Waals surface area contributed by atoms with Crippen LogP contribution < -0.4 is 5.32 Å². The van der Waals surface area contributed by atoms with E-state index in [4.69, 9.17) is 0 Å². The molecule has 0 amide bonds. The van der Waals surface area contributed by atoms with Crippen molar-refractivity contribution >= 4 is 9.84 Å². The monoisotopic (exact) mass is 275 g/mol. The Morgan fingerprint density at radius 2 is 1.67 bits per heavy atom. The second kappa shape index (κ2) is 6.90. The highest BCUT2D eigenvalue weighted by Gasteiger charge is 2.26. The van der Waals surface area contributed by atoms with Crippen molar-refractivity contribution in [3.63, 3.8) is 0 Å². The van der Waals surface area contributed by atoms with Gasteiger partial charge >= 0.3 is 0 Å². The minimum Gasteiger partial charge on any atom is -0.316 e. The second-order valence-electron chi connectivity index (χ2n) is 6.69. The minimum absolute atomic E-state index is 0.0596. The summed E-state index contributed by atoms with van der Waals surface area (Å²) in [6.45, 7) is 8.12. The van der Waals surface area contributed by atoms with Gasteiger partial charge in [0.15, 0.2) is 9.84 Å². The molecule has 1 rings (SSSR count). The standard InChI is InChI=1S/C14H29NO2S/c1-14(2,3)9-10-15-11-12-18(16,17)13-7-5-4-6-8-13/h13,15H,4-12H2,1-3H3. The summed E-state index contributed by atoms with van der Waals surface area (Å²) in [4.78, 5) is 0. The fourth-order valence-electron chi connectivity index (χ4n) is 2.39. The van der Waals surface area contributed by atoms with Gasteiger partial charge in [-0.2, -0.15) is 0 Å². The summed E-state index contributed by atoms with van der Waals surface area (Å²) in [6.07, 6.45) is 6.21. The van der Waals surface area contributed by atoms with Gasteiger partial charge in [0.05, 0.1) is 11.0 Å². The van der Waals surface area contributed by atoms with Gasteiger partial charge in [0.25, 0.3) is 0 Å². The smallest absolute Gasteiger partial charge is 0.154 e. The van der Waals surface area contributed by atoms with Crippen LogP contribution in [-0.4, -0.2) is 32.5 Å². The minimum atomic E-state index is -2.86. The van der Waals surface area contributed by atoms with E-state index < -0.39 is 9.84 Å². The molecular formula is C14H29NO2S. The van der Waals surface area contributed by atoms with Crippen molar-refractivity contribution in [1.29, 1.82) is 0 Å². The van der Waals surface area contributed by atoms with Crippen LogP contribution in [0, 0.1) is 5.41 Å². The summed E-state index contributed by atoms with van der Waals surface area (Å²) in [5.41, 5.74) is 0.315. The molecule has 0 heterocycles. The van der Waals surface area contributed by atoms with E-state index in [0.29, 0.717) is 17.7 Å². The maximum absolute atomic E-state index is 12.1. The predicted molar refractivity (Wildman–Crippen MR) is 77.6 cm³/mol. The van der Waals surface area contributed by atoms with Crippen molar-refractivity contribution in [2.45, 2.75) is 64.5 Å². The summed E-state index contributed by atoms with van der Waals surface area (Å²) in [6, 6.07) is 0. The van der Waals surface area contributed by atoms with E-state index >= 15 is 0 Å². The molecule has 0 radical (unpaired) electrons. The predicted octanol–water partition coefficient (Wildman–Crippen LogP) is 2.76. The van der Waals surface area contributed by atoms with Crippen LogP contribution in [0.4, 0.5) is 0 Å². The maximum Gasteiger partial charge on any atom is 0.154 e.